The van der Waals surface area contributed by atoms with E-state index in [0.717, 1.165) is 31.3 Å². The summed E-state index contributed by atoms with van der Waals surface area (Å²) in [5.74, 6) is -1.01. The lowest BCUT2D eigenvalue weighted by atomic mass is 9.98. The van der Waals surface area contributed by atoms with Crippen LogP contribution in [0, 0.1) is 5.82 Å². The van der Waals surface area contributed by atoms with Gasteiger partial charge in [-0.1, -0.05) is 30.1 Å². The Bertz CT molecular complexity index is 535. The molecule has 0 bridgehead atoms. The van der Waals surface area contributed by atoms with Crippen molar-refractivity contribution >= 4 is 11.3 Å². The number of halogens is 1. The molecular formula is C15H18FNO2. The Labute approximate surface area is 112 Å². The highest BCUT2D eigenvalue weighted by Gasteiger charge is 2.23. The number of phenols is 1. The van der Waals surface area contributed by atoms with Gasteiger partial charge in [-0.2, -0.15) is 0 Å². The van der Waals surface area contributed by atoms with E-state index in [2.05, 4.69) is 12.1 Å². The minimum Gasteiger partial charge on any atom is -0.505 e. The second-order valence-corrected chi connectivity index (χ2v) is 4.79. The summed E-state index contributed by atoms with van der Waals surface area (Å²) in [6.45, 7) is 2.12. The highest BCUT2D eigenvalue weighted by atomic mass is 19.1. The van der Waals surface area contributed by atoms with Gasteiger partial charge in [0.15, 0.2) is 11.6 Å². The number of nitrogens with zero attached hydrogens (tertiary/aromatic N) is 1. The number of rotatable bonds is 4. The Morgan fingerprint density at radius 1 is 1.32 bits per heavy atom. The Hall–Kier alpha value is -1.84. The molecular weight excluding hydrogens is 245 g/mol. The number of hydrogen-bond acceptors (Lipinski definition) is 3. The maximum absolute atomic E-state index is 13.5. The van der Waals surface area contributed by atoms with Gasteiger partial charge in [-0.15, -0.1) is 0 Å². The van der Waals surface area contributed by atoms with Crippen molar-refractivity contribution in [2.24, 2.45) is 5.16 Å². The zero-order valence-electron chi connectivity index (χ0n) is 11.0. The largest absolute Gasteiger partial charge is 0.505 e. The Morgan fingerprint density at radius 2 is 2.11 bits per heavy atom. The predicted octanol–water partition coefficient (Wildman–Crippen LogP) is 4.10. The average Bonchev–Trinajstić information content (AvgIpc) is 2.82. The second kappa shape index (κ2) is 5.87. The first-order valence-electron chi connectivity index (χ1n) is 6.59. The highest BCUT2D eigenvalue weighted by molar-refractivity contribution is 6.26. The number of phenolic OH excluding ortho intramolecular Hbond substituents is 1. The molecule has 0 aromatic heterocycles. The summed E-state index contributed by atoms with van der Waals surface area (Å²) in [6.07, 6.45) is 4.64. The lowest BCUT2D eigenvalue weighted by molar-refractivity contribution is 0.319. The van der Waals surface area contributed by atoms with Crippen molar-refractivity contribution in [3.63, 3.8) is 0 Å². The number of hydrogen-bond donors (Lipinski definition) is 2. The Morgan fingerprint density at radius 3 is 2.74 bits per heavy atom. The van der Waals surface area contributed by atoms with Gasteiger partial charge in [0.25, 0.3) is 0 Å². The molecule has 0 heterocycles. The Balaban J connectivity index is 2.43. The maximum atomic E-state index is 13.5. The van der Waals surface area contributed by atoms with E-state index in [0.29, 0.717) is 17.7 Å². The van der Waals surface area contributed by atoms with Gasteiger partial charge in [0.1, 0.15) is 0 Å². The van der Waals surface area contributed by atoms with Gasteiger partial charge in [0.05, 0.1) is 5.71 Å². The summed E-state index contributed by atoms with van der Waals surface area (Å²) >= 11 is 0. The molecule has 0 spiro atoms. The molecule has 2 N–H and O–H groups in total. The van der Waals surface area contributed by atoms with Gasteiger partial charge in [-0.3, -0.25) is 0 Å². The van der Waals surface area contributed by atoms with Gasteiger partial charge in [0, 0.05) is 5.57 Å². The van der Waals surface area contributed by atoms with Crippen LogP contribution in [0.1, 0.15) is 44.6 Å². The van der Waals surface area contributed by atoms with Gasteiger partial charge >= 0.3 is 0 Å². The molecule has 0 fully saturated rings. The predicted molar refractivity (Wildman–Crippen MR) is 73.0 cm³/mol. The lowest BCUT2D eigenvalue weighted by Crippen LogP contribution is -1.98. The zero-order chi connectivity index (χ0) is 13.8. The molecule has 0 amide bonds. The van der Waals surface area contributed by atoms with Crippen molar-refractivity contribution in [2.45, 2.75) is 39.0 Å². The van der Waals surface area contributed by atoms with Crippen LogP contribution in [0.2, 0.25) is 0 Å². The molecule has 0 atom stereocenters. The van der Waals surface area contributed by atoms with Gasteiger partial charge in [-0.05, 0) is 43.4 Å². The number of oxime groups is 1. The van der Waals surface area contributed by atoms with Crippen molar-refractivity contribution in [3.8, 4) is 5.75 Å². The van der Waals surface area contributed by atoms with Crippen molar-refractivity contribution in [2.75, 3.05) is 0 Å². The first-order chi connectivity index (χ1) is 9.17. The molecule has 2 rings (SSSR count). The van der Waals surface area contributed by atoms with Crippen LogP contribution in [0.3, 0.4) is 0 Å². The summed E-state index contributed by atoms with van der Waals surface area (Å²) < 4.78 is 13.5. The van der Waals surface area contributed by atoms with Crippen LogP contribution in [0.25, 0.3) is 5.57 Å². The second-order valence-electron chi connectivity index (χ2n) is 4.79. The van der Waals surface area contributed by atoms with Crippen molar-refractivity contribution in [3.05, 3.63) is 35.2 Å². The fraction of sp³-hybridized carbons (Fsp3) is 0.400. The molecule has 1 aliphatic carbocycles. The van der Waals surface area contributed by atoms with Gasteiger partial charge in [-0.25, -0.2) is 4.39 Å². The van der Waals surface area contributed by atoms with E-state index >= 15 is 0 Å². The number of allylic oxidation sites excluding steroid dienone is 2. The number of aromatic hydroxyl groups is 1. The molecule has 0 unspecified atom stereocenters. The molecule has 0 radical (unpaired) electrons. The quantitative estimate of drug-likeness (QED) is 0.634. The molecule has 1 aromatic carbocycles. The minimum atomic E-state index is -0.649. The average molecular weight is 263 g/mol. The van der Waals surface area contributed by atoms with E-state index in [1.54, 1.807) is 6.07 Å². The van der Waals surface area contributed by atoms with E-state index in [1.807, 2.05) is 0 Å². The summed E-state index contributed by atoms with van der Waals surface area (Å²) in [6, 6.07) is 4.30. The van der Waals surface area contributed by atoms with Crippen LogP contribution in [0.5, 0.6) is 5.75 Å². The van der Waals surface area contributed by atoms with Crippen LogP contribution in [-0.2, 0) is 0 Å². The standard InChI is InChI=1S/C15H18FNO2/c1-2-3-4-10-5-7-13(17-19)15(10)11-6-8-14(18)12(16)9-11/h6,8-9,18-19H,2-5,7H2,1H3/b17-13+. The van der Waals surface area contributed by atoms with Crippen LogP contribution in [0.15, 0.2) is 28.9 Å². The van der Waals surface area contributed by atoms with E-state index in [9.17, 15) is 9.50 Å². The number of benzene rings is 1. The number of unbranched alkanes of at least 4 members (excludes halogenated alkanes) is 1. The van der Waals surface area contributed by atoms with E-state index in [-0.39, 0.29) is 5.75 Å². The molecule has 19 heavy (non-hydrogen) atoms. The monoisotopic (exact) mass is 263 g/mol. The van der Waals surface area contributed by atoms with Crippen molar-refractivity contribution in [1.29, 1.82) is 0 Å². The molecule has 0 saturated heterocycles. The fourth-order valence-electron chi connectivity index (χ4n) is 2.50. The van der Waals surface area contributed by atoms with Crippen LogP contribution in [0.4, 0.5) is 4.39 Å². The van der Waals surface area contributed by atoms with E-state index < -0.39 is 5.82 Å². The first kappa shape index (κ1) is 13.6. The molecule has 0 aliphatic heterocycles. The van der Waals surface area contributed by atoms with E-state index in [4.69, 9.17) is 5.21 Å². The van der Waals surface area contributed by atoms with Crippen molar-refractivity contribution < 1.29 is 14.7 Å². The van der Waals surface area contributed by atoms with Gasteiger partial charge < -0.3 is 10.3 Å². The fourth-order valence-corrected chi connectivity index (χ4v) is 2.50. The van der Waals surface area contributed by atoms with Gasteiger partial charge in [0.2, 0.25) is 0 Å². The minimum absolute atomic E-state index is 0.361. The van der Waals surface area contributed by atoms with Crippen LogP contribution in [-0.4, -0.2) is 16.0 Å². The highest BCUT2D eigenvalue weighted by Crippen LogP contribution is 2.35. The first-order valence-corrected chi connectivity index (χ1v) is 6.59. The summed E-state index contributed by atoms with van der Waals surface area (Å²) in [5.41, 5.74) is 3.33. The van der Waals surface area contributed by atoms with E-state index in [1.165, 1.54) is 17.7 Å². The van der Waals surface area contributed by atoms with Crippen LogP contribution < -0.4 is 0 Å². The normalized spacial score (nSPS) is 17.5. The van der Waals surface area contributed by atoms with Crippen molar-refractivity contribution in [1.82, 2.24) is 0 Å². The summed E-state index contributed by atoms with van der Waals surface area (Å²) in [4.78, 5) is 0. The third-order valence-electron chi connectivity index (χ3n) is 3.49. The SMILES string of the molecule is CCCCC1=C(c2ccc(O)c(F)c2)/C(=N/O)CC1. The Kier molecular flexibility index (Phi) is 4.20. The third-order valence-corrected chi connectivity index (χ3v) is 3.49. The summed E-state index contributed by atoms with van der Waals surface area (Å²) in [7, 11) is 0. The summed E-state index contributed by atoms with van der Waals surface area (Å²) in [5, 5.41) is 21.7. The molecule has 3 nitrogen and oxygen atoms in total. The smallest absolute Gasteiger partial charge is 0.165 e. The molecule has 102 valence electrons. The molecule has 0 saturated carbocycles. The molecule has 4 heteroatoms. The van der Waals surface area contributed by atoms with Crippen LogP contribution >= 0.6 is 0 Å². The zero-order valence-corrected chi connectivity index (χ0v) is 11.0. The maximum Gasteiger partial charge on any atom is 0.165 e. The topological polar surface area (TPSA) is 52.8 Å². The molecule has 1 aromatic rings. The lowest BCUT2D eigenvalue weighted by Gasteiger charge is -2.08. The molecule has 1 aliphatic rings. The third kappa shape index (κ3) is 2.78.